The summed E-state index contributed by atoms with van der Waals surface area (Å²) in [7, 11) is 1.08. The maximum absolute atomic E-state index is 13.3. The molecule has 480 valence electrons. The van der Waals surface area contributed by atoms with Crippen molar-refractivity contribution in [3.63, 3.8) is 0 Å². The van der Waals surface area contributed by atoms with Gasteiger partial charge in [0.05, 0.1) is 50.7 Å². The highest BCUT2D eigenvalue weighted by Crippen LogP contribution is 2.39. The second-order valence-corrected chi connectivity index (χ2v) is 22.9. The van der Waals surface area contributed by atoms with Crippen LogP contribution >= 0.6 is 0 Å². The van der Waals surface area contributed by atoms with Gasteiger partial charge in [-0.1, -0.05) is 161 Å². The Balaban J connectivity index is 1.71. The van der Waals surface area contributed by atoms with Crippen molar-refractivity contribution in [3.05, 3.63) is 12.2 Å². The van der Waals surface area contributed by atoms with E-state index in [4.69, 9.17) is 33.2 Å². The Morgan fingerprint density at radius 3 is 1.78 bits per heavy atom. The first-order valence-corrected chi connectivity index (χ1v) is 30.5. The summed E-state index contributed by atoms with van der Waals surface area (Å²) in [6.45, 7) is 2.41. The second-order valence-electron chi connectivity index (χ2n) is 22.9. The molecule has 24 nitrogen and oxygen atoms in total. The average molecular weight is 1180 g/mol. The Hall–Kier alpha value is -2.57. The van der Waals surface area contributed by atoms with Crippen LogP contribution in [0.3, 0.4) is 0 Å². The first-order valence-electron chi connectivity index (χ1n) is 30.5. The van der Waals surface area contributed by atoms with Gasteiger partial charge in [0, 0.05) is 20.0 Å². The predicted octanol–water partition coefficient (Wildman–Crippen LogP) is 1.87. The number of aliphatic carboxylic acids is 1. The molecule has 0 aromatic heterocycles. The van der Waals surface area contributed by atoms with Gasteiger partial charge in [-0.3, -0.25) is 9.59 Å². The third kappa shape index (κ3) is 24.7. The Morgan fingerprint density at radius 2 is 1.24 bits per heavy atom. The quantitative estimate of drug-likeness (QED) is 0.0306. The van der Waals surface area contributed by atoms with Crippen LogP contribution in [0, 0.1) is 5.92 Å². The fourth-order valence-electron chi connectivity index (χ4n) is 10.7. The number of hydrogen-bond acceptors (Lipinski definition) is 21. The number of carbonyl (C=O) groups is 3. The molecule has 0 aromatic rings. The minimum absolute atomic E-state index is 0.200. The van der Waals surface area contributed by atoms with Crippen molar-refractivity contribution in [1.82, 2.24) is 10.6 Å². The van der Waals surface area contributed by atoms with E-state index in [1.165, 1.54) is 89.9 Å². The molecule has 3 aliphatic heterocycles. The monoisotopic (exact) mass is 1180 g/mol. The molecular formula is C58H106N2O22. The molecule has 0 spiro atoms. The lowest BCUT2D eigenvalue weighted by Crippen LogP contribution is -2.71. The normalized spacial score (nSPS) is 30.3. The summed E-state index contributed by atoms with van der Waals surface area (Å²) in [6.07, 6.45) is 0.624. The zero-order valence-corrected chi connectivity index (χ0v) is 49.2. The molecule has 82 heavy (non-hydrogen) atoms. The zero-order valence-electron chi connectivity index (χ0n) is 49.2. The number of carbonyl (C=O) groups excluding carboxylic acids is 2. The third-order valence-corrected chi connectivity index (χ3v) is 15.8. The number of aliphatic hydroxyl groups excluding tert-OH is 11. The number of allylic oxidation sites excluding steroid dienone is 1. The van der Waals surface area contributed by atoms with Gasteiger partial charge in [0.1, 0.15) is 73.8 Å². The number of nitrogens with one attached hydrogen (secondary N) is 2. The van der Waals surface area contributed by atoms with Crippen molar-refractivity contribution in [3.8, 4) is 0 Å². The smallest absolute Gasteiger partial charge is 0.364 e. The van der Waals surface area contributed by atoms with Gasteiger partial charge in [0.25, 0.3) is 5.79 Å². The van der Waals surface area contributed by atoms with E-state index in [1.807, 2.05) is 6.08 Å². The van der Waals surface area contributed by atoms with Crippen molar-refractivity contribution in [1.29, 1.82) is 0 Å². The van der Waals surface area contributed by atoms with Gasteiger partial charge in [-0.2, -0.15) is 0 Å². The summed E-state index contributed by atoms with van der Waals surface area (Å²) in [6, 6.07) is -2.69. The standard InChI is InChI=1S/C58H106N2O22/c1-5-6-7-8-9-10-11-12-13-18-21-24-27-30-44(67)59-38(39(65)29-26-23-20-17-15-14-16-19-22-25-28-37(2)3)36-77-55-50(72)49(71)52(43(34-63)79-55)80-56-51(73)54(48(70)42(33-62)78-56)82-58(57(74)75)31-40(66)46(60-45(68)35-64)53(81-58)47(69)41(32-61)76-4/h26,29,37-43,46-56,61-66,69-73H,5-25,27-28,30-36H2,1-4H3,(H,59,67)(H,60,68)(H,74,75)/b29-26+/t38?,39?,40-,41+,42+,43+,46+,47-,48-,49+,50+,51+,52+,53+,54-,55+,56+,58-/m0/s1. The Bertz CT molecular complexity index is 1750. The molecule has 0 bridgehead atoms. The van der Waals surface area contributed by atoms with Crippen LogP contribution in [-0.4, -0.2) is 229 Å². The highest BCUT2D eigenvalue weighted by atomic mass is 16.8. The molecule has 0 aromatic carbocycles. The summed E-state index contributed by atoms with van der Waals surface area (Å²) >= 11 is 0. The number of carboxylic acid groups (broad SMARTS) is 1. The highest BCUT2D eigenvalue weighted by Gasteiger charge is 2.60. The summed E-state index contributed by atoms with van der Waals surface area (Å²) in [5.41, 5.74) is 0. The number of rotatable bonds is 44. The largest absolute Gasteiger partial charge is 0.477 e. The van der Waals surface area contributed by atoms with Gasteiger partial charge < -0.3 is 105 Å². The zero-order chi connectivity index (χ0) is 60.6. The van der Waals surface area contributed by atoms with E-state index in [-0.39, 0.29) is 12.3 Å². The lowest BCUT2D eigenvalue weighted by atomic mass is 9.88. The van der Waals surface area contributed by atoms with Gasteiger partial charge in [0.15, 0.2) is 12.6 Å². The molecule has 0 aliphatic carbocycles. The number of carboxylic acids is 1. The van der Waals surface area contributed by atoms with Gasteiger partial charge in [0.2, 0.25) is 11.8 Å². The fraction of sp³-hybridized carbons (Fsp3) is 0.914. The molecule has 3 fully saturated rings. The molecule has 3 aliphatic rings. The number of ether oxygens (including phenoxy) is 7. The van der Waals surface area contributed by atoms with E-state index < -0.39 is 161 Å². The molecular weight excluding hydrogens is 1080 g/mol. The topological polar surface area (TPSA) is 383 Å². The van der Waals surface area contributed by atoms with Crippen molar-refractivity contribution in [2.24, 2.45) is 5.92 Å². The van der Waals surface area contributed by atoms with Crippen LogP contribution in [0.2, 0.25) is 0 Å². The van der Waals surface area contributed by atoms with E-state index >= 15 is 0 Å². The molecule has 0 saturated carbocycles. The maximum Gasteiger partial charge on any atom is 0.364 e. The maximum atomic E-state index is 13.3. The van der Waals surface area contributed by atoms with Crippen LogP contribution < -0.4 is 10.6 Å². The summed E-state index contributed by atoms with van der Waals surface area (Å²) in [5.74, 6) is -5.74. The highest BCUT2D eigenvalue weighted by molar-refractivity contribution is 5.78. The number of aliphatic hydroxyl groups is 11. The van der Waals surface area contributed by atoms with Gasteiger partial charge in [-0.05, 0) is 25.2 Å². The first kappa shape index (κ1) is 73.7. The SMILES string of the molecule is CCCCCCCCCCCCCCCC(=O)NC(CO[C@@H]1O[C@H](CO)[C@@H](O[C@H]2O[C@H](CO)[C@H](O)[C@H](O[C@]3(C(=O)O)C[C@H](O)[C@@H](NC(=O)CO)[C@H]([C@@H](O)[C@@H](CO)OC)O3)[C@H]2O)[C@H](O)[C@H]1O)C(O)/C=C/CCCCCCCCCCC(C)C. The van der Waals surface area contributed by atoms with E-state index in [2.05, 4.69) is 31.4 Å². The summed E-state index contributed by atoms with van der Waals surface area (Å²) in [4.78, 5) is 38.7. The molecule has 3 rings (SSSR count). The summed E-state index contributed by atoms with van der Waals surface area (Å²) in [5, 5.41) is 135. The van der Waals surface area contributed by atoms with Crippen molar-refractivity contribution in [2.75, 3.05) is 40.1 Å². The van der Waals surface area contributed by atoms with Crippen LogP contribution in [0.4, 0.5) is 0 Å². The van der Waals surface area contributed by atoms with E-state index in [0.717, 1.165) is 58.0 Å². The van der Waals surface area contributed by atoms with Crippen LogP contribution in [0.25, 0.3) is 0 Å². The van der Waals surface area contributed by atoms with E-state index in [0.29, 0.717) is 12.8 Å². The van der Waals surface area contributed by atoms with Gasteiger partial charge in [-0.15, -0.1) is 0 Å². The average Bonchev–Trinajstić information content (AvgIpc) is 3.44. The van der Waals surface area contributed by atoms with Gasteiger partial charge >= 0.3 is 5.97 Å². The Kier molecular flexibility index (Phi) is 36.6. The molecule has 24 heteroatoms. The van der Waals surface area contributed by atoms with Crippen molar-refractivity contribution in [2.45, 2.75) is 291 Å². The number of unbranched alkanes of at least 4 members (excludes halogenated alkanes) is 20. The van der Waals surface area contributed by atoms with Crippen LogP contribution in [0.1, 0.15) is 181 Å². The lowest BCUT2D eigenvalue weighted by molar-refractivity contribution is -0.386. The molecule has 18 atom stereocenters. The number of amides is 2. The van der Waals surface area contributed by atoms with Crippen molar-refractivity contribution < 1.29 is 109 Å². The number of methoxy groups -OCH3 is 1. The second kappa shape index (κ2) is 40.7. The molecule has 3 heterocycles. The first-order chi connectivity index (χ1) is 39.3. The van der Waals surface area contributed by atoms with Crippen LogP contribution in [0.5, 0.6) is 0 Å². The molecule has 2 amide bonds. The minimum Gasteiger partial charge on any atom is -0.477 e. The fourth-order valence-corrected chi connectivity index (χ4v) is 10.7. The van der Waals surface area contributed by atoms with Gasteiger partial charge in [-0.25, -0.2) is 4.79 Å². The summed E-state index contributed by atoms with van der Waals surface area (Å²) < 4.78 is 39.9. The van der Waals surface area contributed by atoms with E-state index in [9.17, 15) is 75.7 Å². The van der Waals surface area contributed by atoms with Crippen molar-refractivity contribution >= 4 is 17.8 Å². The predicted molar refractivity (Wildman–Crippen MR) is 298 cm³/mol. The Morgan fingerprint density at radius 1 is 0.683 bits per heavy atom. The Labute approximate surface area is 485 Å². The molecule has 14 N–H and O–H groups in total. The molecule has 2 unspecified atom stereocenters. The molecule has 3 saturated heterocycles. The lowest BCUT2D eigenvalue weighted by Gasteiger charge is -2.50. The van der Waals surface area contributed by atoms with Crippen LogP contribution in [0.15, 0.2) is 12.2 Å². The number of hydrogen-bond donors (Lipinski definition) is 14. The minimum atomic E-state index is -3.09. The molecule has 0 radical (unpaired) electrons. The van der Waals surface area contributed by atoms with Crippen LogP contribution in [-0.2, 0) is 47.5 Å². The third-order valence-electron chi connectivity index (χ3n) is 15.8. The van der Waals surface area contributed by atoms with E-state index in [1.54, 1.807) is 6.08 Å².